The molecule has 0 fully saturated rings. The van der Waals surface area contributed by atoms with Gasteiger partial charge >= 0.3 is 0 Å². The van der Waals surface area contributed by atoms with Gasteiger partial charge in [-0.25, -0.2) is 4.68 Å². The predicted octanol–water partition coefficient (Wildman–Crippen LogP) is 3.19. The van der Waals surface area contributed by atoms with Crippen molar-refractivity contribution in [1.82, 2.24) is 15.1 Å². The molecule has 0 bridgehead atoms. The van der Waals surface area contributed by atoms with Crippen molar-refractivity contribution in [2.24, 2.45) is 0 Å². The molecule has 1 aromatic heterocycles. The third kappa shape index (κ3) is 2.51. The summed E-state index contributed by atoms with van der Waals surface area (Å²) < 4.78 is 7.45. The van der Waals surface area contributed by atoms with Gasteiger partial charge in [-0.05, 0) is 24.3 Å². The molecule has 23 heavy (non-hydrogen) atoms. The summed E-state index contributed by atoms with van der Waals surface area (Å²) in [6, 6.07) is 18.5. The van der Waals surface area contributed by atoms with Crippen molar-refractivity contribution in [2.75, 3.05) is 13.7 Å². The summed E-state index contributed by atoms with van der Waals surface area (Å²) in [5.41, 5.74) is 5.83. The van der Waals surface area contributed by atoms with E-state index in [1.54, 1.807) is 7.11 Å². The highest BCUT2D eigenvalue weighted by atomic mass is 16.5. The van der Waals surface area contributed by atoms with Crippen molar-refractivity contribution in [3.8, 4) is 22.7 Å². The third-order valence-corrected chi connectivity index (χ3v) is 4.27. The second-order valence-electron chi connectivity index (χ2n) is 5.68. The highest BCUT2D eigenvalue weighted by Gasteiger charge is 2.22. The monoisotopic (exact) mass is 305 g/mol. The van der Waals surface area contributed by atoms with Crippen LogP contribution in [0, 0.1) is 0 Å². The van der Waals surface area contributed by atoms with E-state index in [9.17, 15) is 0 Å². The fourth-order valence-electron chi connectivity index (χ4n) is 3.13. The van der Waals surface area contributed by atoms with Gasteiger partial charge in [-0.2, -0.15) is 5.10 Å². The Labute approximate surface area is 135 Å². The molecule has 0 unspecified atom stereocenters. The molecule has 4 nitrogen and oxygen atoms in total. The zero-order valence-electron chi connectivity index (χ0n) is 13.1. The van der Waals surface area contributed by atoms with E-state index in [-0.39, 0.29) is 0 Å². The van der Waals surface area contributed by atoms with Gasteiger partial charge in [-0.3, -0.25) is 0 Å². The first-order valence-corrected chi connectivity index (χ1v) is 7.88. The molecule has 3 aromatic rings. The summed E-state index contributed by atoms with van der Waals surface area (Å²) in [6.07, 6.45) is 0.987. The zero-order valence-corrected chi connectivity index (χ0v) is 13.1. The van der Waals surface area contributed by atoms with Crippen LogP contribution in [0.1, 0.15) is 11.3 Å². The lowest BCUT2D eigenvalue weighted by atomic mass is 10.0. The molecule has 0 aliphatic carbocycles. The van der Waals surface area contributed by atoms with Gasteiger partial charge < -0.3 is 10.1 Å². The summed E-state index contributed by atoms with van der Waals surface area (Å²) in [4.78, 5) is 0. The van der Waals surface area contributed by atoms with Gasteiger partial charge in [-0.1, -0.05) is 30.3 Å². The summed E-state index contributed by atoms with van der Waals surface area (Å²) in [5.74, 6) is 0.856. The molecule has 2 heterocycles. The van der Waals surface area contributed by atoms with Crippen molar-refractivity contribution in [3.05, 3.63) is 65.9 Å². The van der Waals surface area contributed by atoms with Crippen LogP contribution >= 0.6 is 0 Å². The highest BCUT2D eigenvalue weighted by molar-refractivity contribution is 5.67. The lowest BCUT2D eigenvalue weighted by Gasteiger charge is -2.15. The first-order chi connectivity index (χ1) is 11.4. The summed E-state index contributed by atoms with van der Waals surface area (Å²) in [7, 11) is 1.69. The van der Waals surface area contributed by atoms with Gasteiger partial charge in [0.2, 0.25) is 0 Å². The molecule has 4 rings (SSSR count). The number of methoxy groups -OCH3 is 1. The van der Waals surface area contributed by atoms with Gasteiger partial charge in [-0.15, -0.1) is 0 Å². The second kappa shape index (κ2) is 5.89. The van der Waals surface area contributed by atoms with E-state index in [1.807, 2.05) is 24.3 Å². The van der Waals surface area contributed by atoms with Crippen LogP contribution in [0.3, 0.4) is 0 Å². The second-order valence-corrected chi connectivity index (χ2v) is 5.68. The normalized spacial score (nSPS) is 13.6. The van der Waals surface area contributed by atoms with Gasteiger partial charge in [0.15, 0.2) is 0 Å². The van der Waals surface area contributed by atoms with Gasteiger partial charge in [0, 0.05) is 30.6 Å². The van der Waals surface area contributed by atoms with Crippen LogP contribution in [0.2, 0.25) is 0 Å². The smallest absolute Gasteiger partial charge is 0.119 e. The van der Waals surface area contributed by atoms with Gasteiger partial charge in [0.05, 0.1) is 24.2 Å². The molecule has 0 amide bonds. The Morgan fingerprint density at radius 1 is 1.09 bits per heavy atom. The predicted molar refractivity (Wildman–Crippen MR) is 91.0 cm³/mol. The van der Waals surface area contributed by atoms with Crippen molar-refractivity contribution < 1.29 is 4.74 Å². The Hall–Kier alpha value is -2.59. The molecule has 116 valence electrons. The quantitative estimate of drug-likeness (QED) is 0.807. The number of hydrogen-bond donors (Lipinski definition) is 1. The number of rotatable bonds is 3. The number of hydrogen-bond acceptors (Lipinski definition) is 3. The third-order valence-electron chi connectivity index (χ3n) is 4.27. The van der Waals surface area contributed by atoms with E-state index in [0.29, 0.717) is 0 Å². The van der Waals surface area contributed by atoms with Crippen molar-refractivity contribution in [3.63, 3.8) is 0 Å². The maximum atomic E-state index is 5.36. The molecule has 0 saturated heterocycles. The number of ether oxygens (including phenoxy) is 1. The molecule has 0 radical (unpaired) electrons. The van der Waals surface area contributed by atoms with Crippen LogP contribution in [0.15, 0.2) is 54.6 Å². The lowest BCUT2D eigenvalue weighted by molar-refractivity contribution is 0.415. The largest absolute Gasteiger partial charge is 0.497 e. The maximum absolute atomic E-state index is 5.36. The van der Waals surface area contributed by atoms with Gasteiger partial charge in [0.25, 0.3) is 0 Å². The highest BCUT2D eigenvalue weighted by Crippen LogP contribution is 2.31. The summed E-state index contributed by atoms with van der Waals surface area (Å²) in [5, 5.41) is 8.39. The average molecular weight is 305 g/mol. The van der Waals surface area contributed by atoms with E-state index < -0.39 is 0 Å². The van der Waals surface area contributed by atoms with Crippen LogP contribution in [-0.4, -0.2) is 23.4 Å². The average Bonchev–Trinajstić information content (AvgIpc) is 3.02. The minimum absolute atomic E-state index is 0.856. The van der Waals surface area contributed by atoms with Crippen molar-refractivity contribution >= 4 is 0 Å². The standard InChI is InChI=1S/C19H19N3O/c1-23-16-9-5-6-14(12-16)19-17-13-20-11-10-18(17)22(21-19)15-7-3-2-4-8-15/h2-9,12,20H,10-11,13H2,1H3. The fraction of sp³-hybridized carbons (Fsp3) is 0.211. The Morgan fingerprint density at radius 2 is 1.96 bits per heavy atom. The van der Waals surface area contributed by atoms with Crippen molar-refractivity contribution in [2.45, 2.75) is 13.0 Å². The molecule has 2 aromatic carbocycles. The Bertz CT molecular complexity index is 824. The molecular weight excluding hydrogens is 286 g/mol. The SMILES string of the molecule is COc1cccc(-c2nn(-c3ccccc3)c3c2CNCC3)c1. The van der Waals surface area contributed by atoms with E-state index in [4.69, 9.17) is 9.84 Å². The maximum Gasteiger partial charge on any atom is 0.119 e. The molecule has 1 N–H and O–H groups in total. The molecule has 0 spiro atoms. The van der Waals surface area contributed by atoms with Crippen LogP contribution in [-0.2, 0) is 13.0 Å². The molecule has 1 aliphatic heterocycles. The van der Waals surface area contributed by atoms with Crippen LogP contribution in [0.25, 0.3) is 16.9 Å². The van der Waals surface area contributed by atoms with E-state index in [1.165, 1.54) is 11.3 Å². The lowest BCUT2D eigenvalue weighted by Crippen LogP contribution is -2.24. The van der Waals surface area contributed by atoms with E-state index >= 15 is 0 Å². The molecule has 4 heteroatoms. The Balaban J connectivity index is 1.89. The molecule has 0 atom stereocenters. The van der Waals surface area contributed by atoms with Crippen molar-refractivity contribution in [1.29, 1.82) is 0 Å². The van der Waals surface area contributed by atoms with E-state index in [0.717, 1.165) is 42.2 Å². The number of para-hydroxylation sites is 1. The number of nitrogens with zero attached hydrogens (tertiary/aromatic N) is 2. The molecule has 0 saturated carbocycles. The first kappa shape index (κ1) is 14.0. The number of aromatic nitrogens is 2. The van der Waals surface area contributed by atoms with Crippen LogP contribution < -0.4 is 10.1 Å². The van der Waals surface area contributed by atoms with Gasteiger partial charge in [0.1, 0.15) is 5.75 Å². The number of fused-ring (bicyclic) bond motifs is 1. The van der Waals surface area contributed by atoms with Crippen LogP contribution in [0.4, 0.5) is 0 Å². The number of benzene rings is 2. The zero-order chi connectivity index (χ0) is 15.6. The minimum Gasteiger partial charge on any atom is -0.497 e. The summed E-state index contributed by atoms with van der Waals surface area (Å²) in [6.45, 7) is 1.85. The van der Waals surface area contributed by atoms with Crippen LogP contribution in [0.5, 0.6) is 5.75 Å². The number of nitrogens with one attached hydrogen (secondary N) is 1. The minimum atomic E-state index is 0.856. The molecule has 1 aliphatic rings. The Kier molecular flexibility index (Phi) is 3.60. The topological polar surface area (TPSA) is 39.1 Å². The fourth-order valence-corrected chi connectivity index (χ4v) is 3.13. The van der Waals surface area contributed by atoms with E-state index in [2.05, 4.69) is 40.3 Å². The summed E-state index contributed by atoms with van der Waals surface area (Å²) >= 11 is 0. The Morgan fingerprint density at radius 3 is 2.78 bits per heavy atom. The molecular formula is C19H19N3O. The first-order valence-electron chi connectivity index (χ1n) is 7.88.